The number of thioether (sulfide) groups is 1. The molecule has 3 rings (SSSR count). The molecule has 0 heterocycles. The number of carbonyl (C=O) groups is 2. The van der Waals surface area contributed by atoms with Crippen molar-refractivity contribution in [3.63, 3.8) is 0 Å². The van der Waals surface area contributed by atoms with Gasteiger partial charge >= 0.3 is 0 Å². The van der Waals surface area contributed by atoms with Crippen LogP contribution in [-0.4, -0.2) is 24.7 Å². The van der Waals surface area contributed by atoms with Gasteiger partial charge in [0, 0.05) is 16.3 Å². The quantitative estimate of drug-likeness (QED) is 0.469. The van der Waals surface area contributed by atoms with Gasteiger partial charge in [0.1, 0.15) is 5.75 Å². The zero-order chi connectivity index (χ0) is 21.3. The van der Waals surface area contributed by atoms with Crippen molar-refractivity contribution in [1.82, 2.24) is 0 Å². The lowest BCUT2D eigenvalue weighted by molar-refractivity contribution is -0.115. The molecule has 0 aromatic heterocycles. The fourth-order valence-electron chi connectivity index (χ4n) is 2.74. The lowest BCUT2D eigenvalue weighted by atomic mass is 10.1. The molecule has 3 aromatic rings. The van der Waals surface area contributed by atoms with Crippen molar-refractivity contribution in [2.24, 2.45) is 0 Å². The van der Waals surface area contributed by atoms with Crippen LogP contribution >= 0.6 is 23.4 Å². The second-order valence-electron chi connectivity index (χ2n) is 6.42. The highest BCUT2D eigenvalue weighted by Gasteiger charge is 2.08. The molecule has 3 aromatic carbocycles. The van der Waals surface area contributed by atoms with E-state index in [9.17, 15) is 9.59 Å². The van der Waals surface area contributed by atoms with Crippen LogP contribution in [0.15, 0.2) is 77.7 Å². The van der Waals surface area contributed by atoms with Gasteiger partial charge < -0.3 is 15.4 Å². The van der Waals surface area contributed by atoms with Crippen LogP contribution in [-0.2, 0) is 16.0 Å². The van der Waals surface area contributed by atoms with Gasteiger partial charge in [-0.25, -0.2) is 0 Å². The monoisotopic (exact) mass is 440 g/mol. The number of benzene rings is 3. The number of hydrogen-bond donors (Lipinski definition) is 2. The number of halogens is 1. The molecule has 0 fully saturated rings. The molecular weight excluding hydrogens is 420 g/mol. The zero-order valence-electron chi connectivity index (χ0n) is 16.4. The molecule has 0 radical (unpaired) electrons. The molecule has 2 N–H and O–H groups in total. The third-order valence-corrected chi connectivity index (χ3v) is 5.42. The zero-order valence-corrected chi connectivity index (χ0v) is 17.9. The molecule has 0 saturated carbocycles. The molecule has 30 heavy (non-hydrogen) atoms. The van der Waals surface area contributed by atoms with E-state index in [1.54, 1.807) is 18.2 Å². The highest BCUT2D eigenvalue weighted by Crippen LogP contribution is 2.27. The lowest BCUT2D eigenvalue weighted by Crippen LogP contribution is -2.15. The van der Waals surface area contributed by atoms with E-state index in [0.717, 1.165) is 10.5 Å². The maximum Gasteiger partial charge on any atom is 0.234 e. The average molecular weight is 441 g/mol. The first kappa shape index (κ1) is 21.7. The van der Waals surface area contributed by atoms with Crippen LogP contribution in [0.2, 0.25) is 5.02 Å². The van der Waals surface area contributed by atoms with Gasteiger partial charge in [0.2, 0.25) is 11.8 Å². The van der Waals surface area contributed by atoms with E-state index in [4.69, 9.17) is 16.3 Å². The summed E-state index contributed by atoms with van der Waals surface area (Å²) < 4.78 is 5.10. The van der Waals surface area contributed by atoms with Gasteiger partial charge in [0.25, 0.3) is 0 Å². The first-order chi connectivity index (χ1) is 14.5. The minimum absolute atomic E-state index is 0.0857. The number of amides is 2. The van der Waals surface area contributed by atoms with E-state index in [0.29, 0.717) is 28.6 Å². The Bertz CT molecular complexity index is 1030. The van der Waals surface area contributed by atoms with Crippen LogP contribution in [0.4, 0.5) is 11.4 Å². The molecule has 5 nitrogen and oxygen atoms in total. The first-order valence-corrected chi connectivity index (χ1v) is 10.6. The molecule has 154 valence electrons. The Morgan fingerprint density at radius 3 is 2.37 bits per heavy atom. The van der Waals surface area contributed by atoms with E-state index in [-0.39, 0.29) is 17.6 Å². The largest absolute Gasteiger partial charge is 0.495 e. The van der Waals surface area contributed by atoms with Gasteiger partial charge in [-0.15, -0.1) is 11.8 Å². The van der Waals surface area contributed by atoms with Gasteiger partial charge in [-0.2, -0.15) is 0 Å². The summed E-state index contributed by atoms with van der Waals surface area (Å²) in [6.45, 7) is 0. The molecule has 7 heteroatoms. The Kier molecular flexibility index (Phi) is 7.76. The smallest absolute Gasteiger partial charge is 0.234 e. The minimum Gasteiger partial charge on any atom is -0.495 e. The molecule has 0 saturated heterocycles. The summed E-state index contributed by atoms with van der Waals surface area (Å²) in [5.74, 6) is 0.540. The standard InChI is InChI=1S/C23H21ClN2O3S/c1-29-21-11-10-18(14-20(21)24)26-23(28)15-30-19-9-5-8-17(13-19)25-22(27)12-16-6-3-2-4-7-16/h2-11,13-14H,12,15H2,1H3,(H,25,27)(H,26,28). The van der Waals surface area contributed by atoms with Gasteiger partial charge in [0.15, 0.2) is 0 Å². The molecule has 0 aliphatic carbocycles. The molecule has 0 aliphatic heterocycles. The number of nitrogens with one attached hydrogen (secondary N) is 2. The first-order valence-electron chi connectivity index (χ1n) is 9.23. The summed E-state index contributed by atoms with van der Waals surface area (Å²) >= 11 is 7.46. The minimum atomic E-state index is -0.153. The molecule has 0 bridgehead atoms. The number of ether oxygens (including phenoxy) is 1. The molecule has 0 spiro atoms. The Morgan fingerprint density at radius 1 is 0.900 bits per heavy atom. The highest BCUT2D eigenvalue weighted by molar-refractivity contribution is 8.00. The summed E-state index contributed by atoms with van der Waals surface area (Å²) in [4.78, 5) is 25.4. The second-order valence-corrected chi connectivity index (χ2v) is 7.88. The molecule has 0 unspecified atom stereocenters. The molecule has 0 aliphatic rings. The maximum absolute atomic E-state index is 12.2. The predicted octanol–water partition coefficient (Wildman–Crippen LogP) is 5.26. The van der Waals surface area contributed by atoms with Crippen molar-refractivity contribution in [2.45, 2.75) is 11.3 Å². The molecule has 0 atom stereocenters. The number of rotatable bonds is 8. The Balaban J connectivity index is 1.51. The third kappa shape index (κ3) is 6.54. The van der Waals surface area contributed by atoms with Gasteiger partial charge in [-0.05, 0) is 42.0 Å². The van der Waals surface area contributed by atoms with Gasteiger partial charge in [-0.1, -0.05) is 48.0 Å². The summed E-state index contributed by atoms with van der Waals surface area (Å²) in [5, 5.41) is 6.14. The van der Waals surface area contributed by atoms with E-state index >= 15 is 0 Å². The Morgan fingerprint density at radius 2 is 1.63 bits per heavy atom. The summed E-state index contributed by atoms with van der Waals surface area (Å²) in [6.07, 6.45) is 0.311. The van der Waals surface area contributed by atoms with E-state index in [1.165, 1.54) is 18.9 Å². The summed E-state index contributed by atoms with van der Waals surface area (Å²) in [6, 6.07) is 22.1. The van der Waals surface area contributed by atoms with Crippen LogP contribution in [0, 0.1) is 0 Å². The van der Waals surface area contributed by atoms with Crippen LogP contribution in [0.1, 0.15) is 5.56 Å². The van der Waals surface area contributed by atoms with Crippen molar-refractivity contribution in [2.75, 3.05) is 23.5 Å². The van der Waals surface area contributed by atoms with Crippen LogP contribution in [0.3, 0.4) is 0 Å². The highest BCUT2D eigenvalue weighted by atomic mass is 35.5. The Hall–Kier alpha value is -2.96. The fraction of sp³-hybridized carbons (Fsp3) is 0.130. The normalized spacial score (nSPS) is 10.3. The van der Waals surface area contributed by atoms with Crippen molar-refractivity contribution < 1.29 is 14.3 Å². The number of carbonyl (C=O) groups excluding carboxylic acids is 2. The predicted molar refractivity (Wildman–Crippen MR) is 123 cm³/mol. The van der Waals surface area contributed by atoms with Gasteiger partial charge in [0.05, 0.1) is 24.3 Å². The SMILES string of the molecule is COc1ccc(NC(=O)CSc2cccc(NC(=O)Cc3ccccc3)c2)cc1Cl. The fourth-order valence-corrected chi connectivity index (χ4v) is 3.75. The van der Waals surface area contributed by atoms with Crippen molar-refractivity contribution >= 4 is 46.6 Å². The van der Waals surface area contributed by atoms with Crippen molar-refractivity contribution in [3.05, 3.63) is 83.4 Å². The topological polar surface area (TPSA) is 67.4 Å². The summed E-state index contributed by atoms with van der Waals surface area (Å²) in [5.41, 5.74) is 2.26. The number of hydrogen-bond acceptors (Lipinski definition) is 4. The summed E-state index contributed by atoms with van der Waals surface area (Å²) in [7, 11) is 1.54. The van der Waals surface area contributed by atoms with Crippen molar-refractivity contribution in [3.8, 4) is 5.75 Å². The number of anilines is 2. The van der Waals surface area contributed by atoms with Crippen LogP contribution < -0.4 is 15.4 Å². The van der Waals surface area contributed by atoms with Crippen molar-refractivity contribution in [1.29, 1.82) is 0 Å². The van der Waals surface area contributed by atoms with Crippen LogP contribution in [0.25, 0.3) is 0 Å². The molecule has 2 amide bonds. The van der Waals surface area contributed by atoms with E-state index in [2.05, 4.69) is 10.6 Å². The number of methoxy groups -OCH3 is 1. The lowest BCUT2D eigenvalue weighted by Gasteiger charge is -2.09. The van der Waals surface area contributed by atoms with E-state index < -0.39 is 0 Å². The molecular formula is C23H21ClN2O3S. The third-order valence-electron chi connectivity index (χ3n) is 4.13. The Labute approximate surface area is 184 Å². The second kappa shape index (κ2) is 10.7. The van der Waals surface area contributed by atoms with Crippen LogP contribution in [0.5, 0.6) is 5.75 Å². The van der Waals surface area contributed by atoms with E-state index in [1.807, 2.05) is 54.6 Å². The maximum atomic E-state index is 12.2. The van der Waals surface area contributed by atoms with Gasteiger partial charge in [-0.3, -0.25) is 9.59 Å². The average Bonchev–Trinajstić information content (AvgIpc) is 2.73.